The molecule has 0 saturated heterocycles. The number of hydrogen-bond acceptors (Lipinski definition) is 6. The fourth-order valence-electron chi connectivity index (χ4n) is 2.19. The van der Waals surface area contributed by atoms with Crippen LogP contribution in [0.3, 0.4) is 0 Å². The Kier molecular flexibility index (Phi) is 5.17. The second-order valence-corrected chi connectivity index (χ2v) is 7.32. The summed E-state index contributed by atoms with van der Waals surface area (Å²) in [6.45, 7) is 0. The molecule has 3 aromatic rings. The van der Waals surface area contributed by atoms with Crippen molar-refractivity contribution in [1.29, 1.82) is 0 Å². The Morgan fingerprint density at radius 1 is 0.926 bits per heavy atom. The Hall–Kier alpha value is -3.27. The second-order valence-electron chi connectivity index (χ2n) is 5.57. The van der Waals surface area contributed by atoms with E-state index < -0.39 is 21.7 Å². The van der Waals surface area contributed by atoms with E-state index >= 15 is 0 Å². The number of sulfonamides is 1. The fraction of sp³-hybridized carbons (Fsp3) is 0.0588. The number of anilines is 5. The summed E-state index contributed by atoms with van der Waals surface area (Å²) < 4.78 is 52.4. The molecule has 1 aromatic heterocycles. The molecule has 0 unspecified atom stereocenters. The lowest BCUT2D eigenvalue weighted by atomic mass is 10.2. The summed E-state index contributed by atoms with van der Waals surface area (Å²) in [6, 6.07) is 11.9. The Morgan fingerprint density at radius 3 is 2.26 bits per heavy atom. The van der Waals surface area contributed by atoms with Crippen LogP contribution in [-0.2, 0) is 10.0 Å². The molecule has 0 aliphatic heterocycles. The van der Waals surface area contributed by atoms with Gasteiger partial charge in [0.15, 0.2) is 11.6 Å². The molecule has 0 aliphatic rings. The van der Waals surface area contributed by atoms with Crippen molar-refractivity contribution in [3.05, 3.63) is 66.4 Å². The largest absolute Gasteiger partial charge is 0.336 e. The molecule has 10 heteroatoms. The molecule has 0 aliphatic carbocycles. The second kappa shape index (κ2) is 7.54. The van der Waals surface area contributed by atoms with Crippen LogP contribution in [0.4, 0.5) is 37.6 Å². The molecular weight excluding hydrogens is 376 g/mol. The van der Waals surface area contributed by atoms with Gasteiger partial charge in [-0.05, 0) is 36.4 Å². The third-order valence-corrected chi connectivity index (χ3v) is 3.91. The number of hydrogen-bond donors (Lipinski definition) is 3. The van der Waals surface area contributed by atoms with E-state index in [1.165, 1.54) is 30.3 Å². The highest BCUT2D eigenvalue weighted by Crippen LogP contribution is 2.27. The van der Waals surface area contributed by atoms with E-state index in [0.717, 1.165) is 12.5 Å². The minimum Gasteiger partial charge on any atom is -0.336 e. The maximum Gasteiger partial charge on any atom is 0.229 e. The van der Waals surface area contributed by atoms with Crippen molar-refractivity contribution in [2.24, 2.45) is 0 Å². The molecule has 2 aromatic carbocycles. The summed E-state index contributed by atoms with van der Waals surface area (Å²) >= 11 is 0. The molecule has 0 radical (unpaired) electrons. The maximum absolute atomic E-state index is 14.1. The molecule has 0 bridgehead atoms. The summed E-state index contributed by atoms with van der Waals surface area (Å²) in [4.78, 5) is 7.88. The summed E-state index contributed by atoms with van der Waals surface area (Å²) in [5, 5.41) is 5.58. The summed E-state index contributed by atoms with van der Waals surface area (Å²) in [7, 11) is -3.51. The van der Waals surface area contributed by atoms with E-state index in [1.54, 1.807) is 18.2 Å². The molecule has 27 heavy (non-hydrogen) atoms. The summed E-state index contributed by atoms with van der Waals surface area (Å²) in [5.41, 5.74) is 1.08. The van der Waals surface area contributed by atoms with Crippen LogP contribution in [0.1, 0.15) is 0 Å². The zero-order chi connectivity index (χ0) is 19.4. The average Bonchev–Trinajstić information content (AvgIpc) is 2.60. The lowest BCUT2D eigenvalue weighted by Gasteiger charge is -2.13. The first-order valence-corrected chi connectivity index (χ1v) is 9.58. The number of para-hydroxylation sites is 2. The van der Waals surface area contributed by atoms with Gasteiger partial charge in [0.1, 0.15) is 5.82 Å². The van der Waals surface area contributed by atoms with E-state index in [1.807, 2.05) is 0 Å². The Labute approximate surface area is 154 Å². The highest BCUT2D eigenvalue weighted by Gasteiger charge is 2.12. The molecule has 0 atom stereocenters. The minimum atomic E-state index is -3.51. The Bertz CT molecular complexity index is 1060. The number of benzene rings is 2. The van der Waals surface area contributed by atoms with Gasteiger partial charge in [0, 0.05) is 5.69 Å². The first-order chi connectivity index (χ1) is 12.8. The molecule has 0 spiro atoms. The number of halogens is 2. The monoisotopic (exact) mass is 391 g/mol. The molecule has 3 rings (SSSR count). The van der Waals surface area contributed by atoms with Gasteiger partial charge in [0.05, 0.1) is 23.8 Å². The van der Waals surface area contributed by atoms with Crippen LogP contribution < -0.4 is 15.4 Å². The van der Waals surface area contributed by atoms with Gasteiger partial charge in [0.2, 0.25) is 16.0 Å². The van der Waals surface area contributed by atoms with Gasteiger partial charge in [-0.15, -0.1) is 0 Å². The van der Waals surface area contributed by atoms with Gasteiger partial charge in [-0.3, -0.25) is 4.72 Å². The van der Waals surface area contributed by atoms with Crippen LogP contribution in [-0.4, -0.2) is 24.6 Å². The first-order valence-electron chi connectivity index (χ1n) is 7.69. The smallest absolute Gasteiger partial charge is 0.229 e. The number of nitrogens with zero attached hydrogens (tertiary/aromatic N) is 2. The van der Waals surface area contributed by atoms with Crippen molar-refractivity contribution in [2.75, 3.05) is 21.6 Å². The van der Waals surface area contributed by atoms with E-state index in [2.05, 4.69) is 25.3 Å². The highest BCUT2D eigenvalue weighted by atomic mass is 32.2. The first kappa shape index (κ1) is 18.5. The molecule has 0 saturated carbocycles. The van der Waals surface area contributed by atoms with Gasteiger partial charge in [-0.25, -0.2) is 22.2 Å². The molecule has 140 valence electrons. The molecule has 7 nitrogen and oxygen atoms in total. The predicted molar refractivity (Wildman–Crippen MR) is 99.9 cm³/mol. The van der Waals surface area contributed by atoms with Crippen LogP contribution >= 0.6 is 0 Å². The van der Waals surface area contributed by atoms with Crippen molar-refractivity contribution in [3.63, 3.8) is 0 Å². The van der Waals surface area contributed by atoms with Crippen molar-refractivity contribution in [3.8, 4) is 0 Å². The molecule has 3 N–H and O–H groups in total. The van der Waals surface area contributed by atoms with Gasteiger partial charge in [0.25, 0.3) is 0 Å². The van der Waals surface area contributed by atoms with Crippen LogP contribution in [0.25, 0.3) is 0 Å². The van der Waals surface area contributed by atoms with E-state index in [-0.39, 0.29) is 17.5 Å². The van der Waals surface area contributed by atoms with Crippen LogP contribution in [0.2, 0.25) is 0 Å². The highest BCUT2D eigenvalue weighted by molar-refractivity contribution is 7.92. The third kappa shape index (κ3) is 5.11. The van der Waals surface area contributed by atoms with Crippen LogP contribution in [0.15, 0.2) is 54.7 Å². The van der Waals surface area contributed by atoms with Crippen molar-refractivity contribution < 1.29 is 17.2 Å². The lowest BCUT2D eigenvalue weighted by Crippen LogP contribution is -2.11. The van der Waals surface area contributed by atoms with Crippen molar-refractivity contribution in [1.82, 2.24) is 9.97 Å². The van der Waals surface area contributed by atoms with Crippen molar-refractivity contribution in [2.45, 2.75) is 0 Å². The quantitative estimate of drug-likeness (QED) is 0.594. The standard InChI is InChI=1S/C17H15F2N5O2S/c1-27(25,26)24-15-5-3-2-4-14(15)22-16-13(19)10-20-17(23-16)21-12-8-6-11(18)7-9-12/h2-10,24H,1H3,(H2,20,21,22,23). The van der Waals surface area contributed by atoms with Gasteiger partial charge >= 0.3 is 0 Å². The Morgan fingerprint density at radius 2 is 1.59 bits per heavy atom. The fourth-order valence-corrected chi connectivity index (χ4v) is 2.76. The lowest BCUT2D eigenvalue weighted by molar-refractivity contribution is 0.607. The van der Waals surface area contributed by atoms with E-state index in [4.69, 9.17) is 0 Å². The van der Waals surface area contributed by atoms with Crippen molar-refractivity contribution >= 4 is 38.9 Å². The van der Waals surface area contributed by atoms with Crippen LogP contribution in [0, 0.1) is 11.6 Å². The van der Waals surface area contributed by atoms with Gasteiger partial charge < -0.3 is 10.6 Å². The normalized spacial score (nSPS) is 11.1. The van der Waals surface area contributed by atoms with E-state index in [9.17, 15) is 17.2 Å². The average molecular weight is 391 g/mol. The SMILES string of the molecule is CS(=O)(=O)Nc1ccccc1Nc1nc(Nc2ccc(F)cc2)ncc1F. The zero-order valence-electron chi connectivity index (χ0n) is 14.1. The molecule has 0 amide bonds. The predicted octanol–water partition coefficient (Wildman–Crippen LogP) is 3.61. The third-order valence-electron chi connectivity index (χ3n) is 3.32. The molecule has 1 heterocycles. The minimum absolute atomic E-state index is 0.0825. The molecule has 0 fully saturated rings. The summed E-state index contributed by atoms with van der Waals surface area (Å²) in [5.74, 6) is -1.19. The molecular formula is C17H15F2N5O2S. The van der Waals surface area contributed by atoms with Gasteiger partial charge in [-0.1, -0.05) is 12.1 Å². The zero-order valence-corrected chi connectivity index (χ0v) is 14.9. The summed E-state index contributed by atoms with van der Waals surface area (Å²) in [6.07, 6.45) is 1.98. The number of nitrogens with one attached hydrogen (secondary N) is 3. The van der Waals surface area contributed by atoms with Gasteiger partial charge in [-0.2, -0.15) is 4.98 Å². The topological polar surface area (TPSA) is 96.0 Å². The number of aromatic nitrogens is 2. The number of rotatable bonds is 6. The maximum atomic E-state index is 14.1. The Balaban J connectivity index is 1.86. The van der Waals surface area contributed by atoms with Crippen LogP contribution in [0.5, 0.6) is 0 Å². The van der Waals surface area contributed by atoms with E-state index in [0.29, 0.717) is 11.4 Å².